The molecule has 28 heavy (non-hydrogen) atoms. The number of amides is 1. The topological polar surface area (TPSA) is 29.5 Å². The van der Waals surface area contributed by atoms with Crippen molar-refractivity contribution in [2.24, 2.45) is 0 Å². The molecule has 1 unspecified atom stereocenters. The maximum atomic E-state index is 14.4. The van der Waals surface area contributed by atoms with Gasteiger partial charge in [-0.25, -0.2) is 4.39 Å². The molecular weight excluding hydrogens is 397 g/mol. The zero-order chi connectivity index (χ0) is 21.6. The second-order valence-corrected chi connectivity index (χ2v) is 11.0. The predicted molar refractivity (Wildman–Crippen MR) is 103 cm³/mol. The fourth-order valence-corrected chi connectivity index (χ4v) is 5.87. The molecule has 0 aromatic heterocycles. The van der Waals surface area contributed by atoms with Gasteiger partial charge in [-0.3, -0.25) is 9.53 Å². The number of nitrogens with zero attached hydrogens (tertiary/aromatic N) is 1. The van der Waals surface area contributed by atoms with Crippen LogP contribution in [0.5, 0.6) is 0 Å². The van der Waals surface area contributed by atoms with Crippen molar-refractivity contribution in [1.29, 1.82) is 0 Å². The largest absolute Gasteiger partial charge is 0.458 e. The second kappa shape index (κ2) is 9.47. The molecule has 0 N–H and O–H groups in total. The summed E-state index contributed by atoms with van der Waals surface area (Å²) in [5, 5.41) is 0.846. The molecule has 1 atom stereocenters. The lowest BCUT2D eigenvalue weighted by Gasteiger charge is -2.32. The second-order valence-electron chi connectivity index (χ2n) is 6.49. The molecular formula is C19H24F5NO2Si. The fourth-order valence-electron chi connectivity index (χ4n) is 2.96. The Labute approximate surface area is 162 Å². The molecule has 0 spiro atoms. The van der Waals surface area contributed by atoms with Crippen molar-refractivity contribution >= 4 is 24.9 Å². The molecule has 0 aliphatic rings. The standard InChI is InChI=1S/C19H24F5NO2Si/c1-5-11-28(4,12-6-2)16-10-8-9-15(13-16)25(7-3)17(26)18(21,27-14-20)19(22,23)24/h5-6,8-10,13H,1-2,7,11-12,14H2,3-4H3. The SMILES string of the molecule is C=CC[Si](C)(CC=C)c1cccc(N(CC)C(=O)C(F)(OCF)C(F)(F)F)c1. The lowest BCUT2D eigenvalue weighted by molar-refractivity contribution is -0.321. The van der Waals surface area contributed by atoms with Gasteiger partial charge >= 0.3 is 17.9 Å². The molecule has 1 rings (SSSR count). The number of anilines is 1. The van der Waals surface area contributed by atoms with Crippen LogP contribution in [0.1, 0.15) is 6.92 Å². The van der Waals surface area contributed by atoms with Crippen LogP contribution in [0.3, 0.4) is 0 Å². The average molecular weight is 421 g/mol. The van der Waals surface area contributed by atoms with Crippen LogP contribution in [0.15, 0.2) is 49.6 Å². The highest BCUT2D eigenvalue weighted by atomic mass is 28.3. The number of halogens is 5. The number of carbonyl (C=O) groups is 1. The third-order valence-corrected chi connectivity index (χ3v) is 8.58. The summed E-state index contributed by atoms with van der Waals surface area (Å²) in [6.07, 6.45) is -2.21. The van der Waals surface area contributed by atoms with Crippen LogP contribution in [0.25, 0.3) is 0 Å². The van der Waals surface area contributed by atoms with E-state index in [0.717, 1.165) is 5.19 Å². The first kappa shape index (κ1) is 24.0. The molecule has 0 heterocycles. The summed E-state index contributed by atoms with van der Waals surface area (Å²) in [5.74, 6) is -6.79. The van der Waals surface area contributed by atoms with E-state index >= 15 is 0 Å². The number of alkyl halides is 5. The van der Waals surface area contributed by atoms with Crippen LogP contribution in [0.2, 0.25) is 18.6 Å². The number of likely N-dealkylation sites (N-methyl/N-ethyl adjacent to an activating group) is 1. The number of benzene rings is 1. The van der Waals surface area contributed by atoms with E-state index in [2.05, 4.69) is 24.4 Å². The highest BCUT2D eigenvalue weighted by molar-refractivity contribution is 6.91. The van der Waals surface area contributed by atoms with Gasteiger partial charge in [0.15, 0.2) is 6.86 Å². The van der Waals surface area contributed by atoms with E-state index in [0.29, 0.717) is 17.0 Å². The summed E-state index contributed by atoms with van der Waals surface area (Å²) < 4.78 is 69.6. The van der Waals surface area contributed by atoms with E-state index in [4.69, 9.17) is 0 Å². The fraction of sp³-hybridized carbons (Fsp3) is 0.421. The molecule has 0 bridgehead atoms. The van der Waals surface area contributed by atoms with Crippen LogP contribution >= 0.6 is 0 Å². The molecule has 1 aromatic carbocycles. The van der Waals surface area contributed by atoms with Crippen molar-refractivity contribution in [3.8, 4) is 0 Å². The van der Waals surface area contributed by atoms with Gasteiger partial charge in [0.1, 0.15) is 0 Å². The van der Waals surface area contributed by atoms with Crippen LogP contribution in [0.4, 0.5) is 27.6 Å². The lowest BCUT2D eigenvalue weighted by Crippen LogP contribution is -2.57. The Kier molecular flexibility index (Phi) is 8.13. The Balaban J connectivity index is 3.42. The van der Waals surface area contributed by atoms with Crippen molar-refractivity contribution in [3.05, 3.63) is 49.6 Å². The van der Waals surface area contributed by atoms with E-state index in [9.17, 15) is 26.7 Å². The van der Waals surface area contributed by atoms with Crippen LogP contribution in [-0.4, -0.2) is 39.4 Å². The molecule has 0 fully saturated rings. The van der Waals surface area contributed by atoms with Crippen molar-refractivity contribution < 1.29 is 31.5 Å². The quantitative estimate of drug-likeness (QED) is 0.307. The Bertz CT molecular complexity index is 700. The zero-order valence-electron chi connectivity index (χ0n) is 15.9. The van der Waals surface area contributed by atoms with Crippen LogP contribution in [-0.2, 0) is 9.53 Å². The lowest BCUT2D eigenvalue weighted by atomic mass is 10.2. The minimum absolute atomic E-state index is 0.0746. The Morgan fingerprint density at radius 3 is 2.21 bits per heavy atom. The van der Waals surface area contributed by atoms with Gasteiger partial charge in [0.05, 0.1) is 8.07 Å². The molecule has 1 aromatic rings. The summed E-state index contributed by atoms with van der Waals surface area (Å²) in [6, 6.07) is 7.72. The maximum Gasteiger partial charge on any atom is 0.458 e. The van der Waals surface area contributed by atoms with Gasteiger partial charge in [-0.1, -0.05) is 36.0 Å². The van der Waals surface area contributed by atoms with Crippen molar-refractivity contribution in [3.63, 3.8) is 0 Å². The van der Waals surface area contributed by atoms with Gasteiger partial charge < -0.3 is 4.90 Å². The predicted octanol–water partition coefficient (Wildman–Crippen LogP) is 4.87. The maximum absolute atomic E-state index is 14.4. The molecule has 9 heteroatoms. The highest BCUT2D eigenvalue weighted by Crippen LogP contribution is 2.38. The monoisotopic (exact) mass is 421 g/mol. The third kappa shape index (κ3) is 4.88. The van der Waals surface area contributed by atoms with Gasteiger partial charge in [0, 0.05) is 12.2 Å². The van der Waals surface area contributed by atoms with E-state index in [1.807, 2.05) is 6.07 Å². The summed E-state index contributed by atoms with van der Waals surface area (Å²) in [5.41, 5.74) is 0.0746. The molecule has 0 saturated heterocycles. The first-order chi connectivity index (χ1) is 13.0. The van der Waals surface area contributed by atoms with Crippen molar-refractivity contribution in [2.45, 2.75) is 37.6 Å². The number of allylic oxidation sites excluding steroid dienone is 2. The van der Waals surface area contributed by atoms with Crippen molar-refractivity contribution in [1.82, 2.24) is 0 Å². The van der Waals surface area contributed by atoms with Gasteiger partial charge in [0.2, 0.25) is 0 Å². The summed E-state index contributed by atoms with van der Waals surface area (Å²) in [6.45, 7) is 8.57. The minimum atomic E-state index is -5.73. The summed E-state index contributed by atoms with van der Waals surface area (Å²) >= 11 is 0. The summed E-state index contributed by atoms with van der Waals surface area (Å²) in [7, 11) is -2.13. The van der Waals surface area contributed by atoms with Crippen molar-refractivity contribution in [2.75, 3.05) is 18.3 Å². The summed E-state index contributed by atoms with van der Waals surface area (Å²) in [4.78, 5) is 13.0. The number of ether oxygens (including phenoxy) is 1. The Hall–Kier alpha value is -2.00. The van der Waals surface area contributed by atoms with Gasteiger partial charge in [0.25, 0.3) is 0 Å². The number of hydrogen-bond acceptors (Lipinski definition) is 2. The Morgan fingerprint density at radius 2 is 1.79 bits per heavy atom. The molecule has 0 aliphatic carbocycles. The molecule has 0 aliphatic heterocycles. The van der Waals surface area contributed by atoms with Gasteiger partial charge in [-0.05, 0) is 31.1 Å². The zero-order valence-corrected chi connectivity index (χ0v) is 16.9. The smallest absolute Gasteiger partial charge is 0.307 e. The van der Waals surface area contributed by atoms with Crippen LogP contribution < -0.4 is 10.1 Å². The molecule has 1 amide bonds. The Morgan fingerprint density at radius 1 is 1.21 bits per heavy atom. The molecule has 156 valence electrons. The van der Waals surface area contributed by atoms with E-state index < -0.39 is 32.9 Å². The van der Waals surface area contributed by atoms with Gasteiger partial charge in [-0.15, -0.1) is 13.2 Å². The van der Waals surface area contributed by atoms with Gasteiger partial charge in [-0.2, -0.15) is 17.6 Å². The molecule has 3 nitrogen and oxygen atoms in total. The van der Waals surface area contributed by atoms with E-state index in [1.165, 1.54) is 13.0 Å². The number of carbonyl (C=O) groups excluding carboxylic acids is 1. The number of rotatable bonds is 10. The normalized spacial score (nSPS) is 14.2. The van der Waals surface area contributed by atoms with E-state index in [1.54, 1.807) is 24.3 Å². The highest BCUT2D eigenvalue weighted by Gasteiger charge is 2.65. The van der Waals surface area contributed by atoms with E-state index in [-0.39, 0.29) is 12.2 Å². The first-order valence-corrected chi connectivity index (χ1v) is 11.5. The third-order valence-electron chi connectivity index (χ3n) is 4.50. The minimum Gasteiger partial charge on any atom is -0.307 e. The number of hydrogen-bond donors (Lipinski definition) is 0. The first-order valence-electron chi connectivity index (χ1n) is 8.60. The average Bonchev–Trinajstić information content (AvgIpc) is 2.62. The molecule has 0 radical (unpaired) electrons. The van der Waals surface area contributed by atoms with Crippen LogP contribution in [0, 0.1) is 0 Å². The molecule has 0 saturated carbocycles.